The van der Waals surface area contributed by atoms with Crippen molar-refractivity contribution in [1.29, 1.82) is 5.41 Å². The van der Waals surface area contributed by atoms with Crippen molar-refractivity contribution in [1.82, 2.24) is 9.88 Å². The molecule has 0 atom stereocenters. The number of halogens is 2. The van der Waals surface area contributed by atoms with Gasteiger partial charge in [0.05, 0.1) is 25.4 Å². The van der Waals surface area contributed by atoms with Crippen LogP contribution in [0.4, 0.5) is 14.5 Å². The molecule has 0 spiro atoms. The van der Waals surface area contributed by atoms with E-state index in [1.54, 1.807) is 0 Å². The topological polar surface area (TPSA) is 145 Å². The highest BCUT2D eigenvalue weighted by molar-refractivity contribution is 7.11. The van der Waals surface area contributed by atoms with Gasteiger partial charge in [0, 0.05) is 35.9 Å². The number of nitrogen functional groups attached to an aromatic ring is 1. The molecule has 9 nitrogen and oxygen atoms in total. The summed E-state index contributed by atoms with van der Waals surface area (Å²) < 4.78 is 37.2. The van der Waals surface area contributed by atoms with Gasteiger partial charge >= 0.3 is 0 Å². The van der Waals surface area contributed by atoms with Crippen molar-refractivity contribution in [3.63, 3.8) is 0 Å². The average Bonchev–Trinajstić information content (AvgIpc) is 3.23. The number of methoxy groups -OCH3 is 1. The van der Waals surface area contributed by atoms with E-state index in [0.29, 0.717) is 0 Å². The minimum atomic E-state index is -1.03. The minimum Gasteiger partial charge on any atom is -0.488 e. The van der Waals surface area contributed by atoms with E-state index in [-0.39, 0.29) is 59.7 Å². The van der Waals surface area contributed by atoms with Crippen molar-refractivity contribution in [2.75, 3.05) is 39.1 Å². The van der Waals surface area contributed by atoms with Gasteiger partial charge in [-0.3, -0.25) is 15.0 Å². The van der Waals surface area contributed by atoms with Crippen LogP contribution in [0.25, 0.3) is 5.70 Å². The van der Waals surface area contributed by atoms with Crippen molar-refractivity contribution in [2.45, 2.75) is 6.17 Å². The Morgan fingerprint density at radius 3 is 2.75 bits per heavy atom. The summed E-state index contributed by atoms with van der Waals surface area (Å²) in [6, 6.07) is 2.12. The number of benzene rings is 1. The number of nitrogens with two attached hydrogens (primary N) is 2. The summed E-state index contributed by atoms with van der Waals surface area (Å²) in [5, 5.41) is 9.72. The number of nitrogens with one attached hydrogen (secondary N) is 1. The SMILES string of the molecule is COCCOc1cc(N)c(C(=N)C(=O)C=C(N)c2nc(C(=O)N3CC(F)C3)cs2)cc1F. The van der Waals surface area contributed by atoms with Crippen LogP contribution in [-0.4, -0.2) is 66.9 Å². The number of carbonyl (C=O) groups is 2. The molecule has 32 heavy (non-hydrogen) atoms. The quantitative estimate of drug-likeness (QED) is 0.221. The molecule has 1 aromatic carbocycles. The van der Waals surface area contributed by atoms with Crippen LogP contribution in [0.15, 0.2) is 23.6 Å². The molecule has 5 N–H and O–H groups in total. The number of amides is 1. The Bertz CT molecular complexity index is 1080. The lowest BCUT2D eigenvalue weighted by Crippen LogP contribution is -2.51. The largest absolute Gasteiger partial charge is 0.488 e. The highest BCUT2D eigenvalue weighted by Gasteiger charge is 2.32. The molecule has 1 saturated heterocycles. The van der Waals surface area contributed by atoms with Gasteiger partial charge in [0.25, 0.3) is 5.91 Å². The number of ether oxygens (including phenoxy) is 2. The molecule has 170 valence electrons. The predicted octanol–water partition coefficient (Wildman–Crippen LogP) is 1.62. The van der Waals surface area contributed by atoms with Gasteiger partial charge in [0.15, 0.2) is 11.6 Å². The Balaban J connectivity index is 1.71. The van der Waals surface area contributed by atoms with Crippen LogP contribution in [-0.2, 0) is 9.53 Å². The van der Waals surface area contributed by atoms with Crippen LogP contribution < -0.4 is 16.2 Å². The number of likely N-dealkylation sites (tertiary alicyclic amines) is 1. The first kappa shape index (κ1) is 23.3. The standard InChI is InChI=1S/C20H21F2N5O4S/c1-30-2-3-31-17-6-13(23)11(4-12(17)22)18(25)16(28)5-14(24)19-26-15(9-32-19)20(29)27-7-10(21)8-27/h4-6,9-10,25H,2-3,7-8,23-24H2,1H3. The van der Waals surface area contributed by atoms with E-state index >= 15 is 0 Å². The Labute approximate surface area is 186 Å². The summed E-state index contributed by atoms with van der Waals surface area (Å²) in [4.78, 5) is 30.0. The Morgan fingerprint density at radius 1 is 1.38 bits per heavy atom. The van der Waals surface area contributed by atoms with Gasteiger partial charge in [0.2, 0.25) is 5.78 Å². The van der Waals surface area contributed by atoms with Gasteiger partial charge < -0.3 is 25.8 Å². The summed E-state index contributed by atoms with van der Waals surface area (Å²) in [7, 11) is 1.47. The fourth-order valence-electron chi connectivity index (χ4n) is 2.80. The molecular weight excluding hydrogens is 444 g/mol. The molecule has 0 bridgehead atoms. The molecule has 1 fully saturated rings. The normalized spacial score (nSPS) is 14.2. The minimum absolute atomic E-state index is 0.0147. The Morgan fingerprint density at radius 2 is 2.09 bits per heavy atom. The molecule has 1 aliphatic heterocycles. The number of carbonyl (C=O) groups excluding carboxylic acids is 2. The first-order valence-electron chi connectivity index (χ1n) is 9.41. The van der Waals surface area contributed by atoms with Crippen LogP contribution in [0, 0.1) is 11.2 Å². The molecule has 0 saturated carbocycles. The van der Waals surface area contributed by atoms with E-state index in [1.807, 2.05) is 0 Å². The van der Waals surface area contributed by atoms with Crippen LogP contribution >= 0.6 is 11.3 Å². The molecule has 0 aliphatic carbocycles. The molecule has 0 radical (unpaired) electrons. The van der Waals surface area contributed by atoms with Crippen LogP contribution in [0.3, 0.4) is 0 Å². The van der Waals surface area contributed by atoms with E-state index in [9.17, 15) is 18.4 Å². The summed E-state index contributed by atoms with van der Waals surface area (Å²) in [6.07, 6.45) is -0.0781. The zero-order valence-corrected chi connectivity index (χ0v) is 17.9. The third kappa shape index (κ3) is 5.08. The summed E-state index contributed by atoms with van der Waals surface area (Å²) in [5.74, 6) is -2.17. The van der Waals surface area contributed by atoms with Crippen molar-refractivity contribution < 1.29 is 27.8 Å². The smallest absolute Gasteiger partial charge is 0.273 e. The van der Waals surface area contributed by atoms with Gasteiger partial charge in [-0.1, -0.05) is 0 Å². The maximum atomic E-state index is 14.3. The summed E-state index contributed by atoms with van der Waals surface area (Å²) in [6.45, 7) is 0.381. The number of thiazole rings is 1. The molecule has 0 unspecified atom stereocenters. The summed E-state index contributed by atoms with van der Waals surface area (Å²) >= 11 is 1.03. The van der Waals surface area contributed by atoms with E-state index in [1.165, 1.54) is 23.5 Å². The van der Waals surface area contributed by atoms with E-state index in [0.717, 1.165) is 23.5 Å². The van der Waals surface area contributed by atoms with Crippen molar-refractivity contribution in [3.8, 4) is 5.75 Å². The Hall–Kier alpha value is -3.38. The Kier molecular flexibility index (Phi) is 7.15. The van der Waals surface area contributed by atoms with Gasteiger partial charge in [0.1, 0.15) is 29.2 Å². The molecule has 2 aromatic rings. The molecule has 12 heteroatoms. The van der Waals surface area contributed by atoms with Crippen LogP contribution in [0.2, 0.25) is 0 Å². The number of ketones is 1. The van der Waals surface area contributed by atoms with Crippen LogP contribution in [0.1, 0.15) is 21.1 Å². The molecule has 3 rings (SSSR count). The van der Waals surface area contributed by atoms with Crippen molar-refractivity contribution in [3.05, 3.63) is 45.7 Å². The van der Waals surface area contributed by atoms with Crippen LogP contribution in [0.5, 0.6) is 5.75 Å². The lowest BCUT2D eigenvalue weighted by atomic mass is 10.0. The van der Waals surface area contributed by atoms with Crippen molar-refractivity contribution >= 4 is 40.1 Å². The number of rotatable bonds is 9. The predicted molar refractivity (Wildman–Crippen MR) is 115 cm³/mol. The third-order valence-electron chi connectivity index (χ3n) is 4.55. The number of hydrogen-bond acceptors (Lipinski definition) is 9. The second-order valence-electron chi connectivity index (χ2n) is 6.90. The number of hydrogen-bond donors (Lipinski definition) is 3. The van der Waals surface area contributed by atoms with E-state index in [2.05, 4.69) is 4.98 Å². The molecular formula is C20H21F2N5O4S. The number of aromatic nitrogens is 1. The monoisotopic (exact) mass is 465 g/mol. The fourth-order valence-corrected chi connectivity index (χ4v) is 3.52. The first-order valence-corrected chi connectivity index (χ1v) is 10.3. The zero-order chi connectivity index (χ0) is 23.4. The average molecular weight is 465 g/mol. The lowest BCUT2D eigenvalue weighted by molar-refractivity contribution is -0.108. The van der Waals surface area contributed by atoms with Crippen molar-refractivity contribution in [2.24, 2.45) is 5.73 Å². The maximum Gasteiger partial charge on any atom is 0.273 e. The highest BCUT2D eigenvalue weighted by Crippen LogP contribution is 2.26. The molecule has 1 aliphatic rings. The number of allylic oxidation sites excluding steroid dienone is 1. The molecule has 1 amide bonds. The number of nitrogens with zero attached hydrogens (tertiary/aromatic N) is 2. The first-order chi connectivity index (χ1) is 15.2. The number of alkyl halides is 1. The van der Waals surface area contributed by atoms with E-state index < -0.39 is 29.4 Å². The van der Waals surface area contributed by atoms with E-state index in [4.69, 9.17) is 26.4 Å². The lowest BCUT2D eigenvalue weighted by Gasteiger charge is -2.33. The molecule has 1 aromatic heterocycles. The number of anilines is 1. The van der Waals surface area contributed by atoms with Gasteiger partial charge in [-0.15, -0.1) is 11.3 Å². The fraction of sp³-hybridized carbons (Fsp3) is 0.300. The maximum absolute atomic E-state index is 14.3. The zero-order valence-electron chi connectivity index (χ0n) is 17.1. The van der Waals surface area contributed by atoms with Gasteiger partial charge in [-0.25, -0.2) is 13.8 Å². The summed E-state index contributed by atoms with van der Waals surface area (Å²) in [5.41, 5.74) is 11.1. The van der Waals surface area contributed by atoms with Gasteiger partial charge in [-0.05, 0) is 6.07 Å². The third-order valence-corrected chi connectivity index (χ3v) is 5.44. The second kappa shape index (κ2) is 9.83. The second-order valence-corrected chi connectivity index (χ2v) is 7.75. The highest BCUT2D eigenvalue weighted by atomic mass is 32.1. The molecule has 2 heterocycles. The van der Waals surface area contributed by atoms with Gasteiger partial charge in [-0.2, -0.15) is 0 Å².